The third-order valence-electron chi connectivity index (χ3n) is 5.03. The van der Waals surface area contributed by atoms with Gasteiger partial charge in [0.05, 0.1) is 31.8 Å². The van der Waals surface area contributed by atoms with E-state index in [0.29, 0.717) is 25.4 Å². The van der Waals surface area contributed by atoms with Crippen molar-refractivity contribution in [1.82, 2.24) is 20.7 Å². The molecule has 0 saturated carbocycles. The van der Waals surface area contributed by atoms with E-state index in [4.69, 9.17) is 9.26 Å². The molecule has 2 N–H and O–H groups in total. The second-order valence-electron chi connectivity index (χ2n) is 7.07. The van der Waals surface area contributed by atoms with Crippen LogP contribution in [-0.4, -0.2) is 54.7 Å². The van der Waals surface area contributed by atoms with Gasteiger partial charge in [0, 0.05) is 31.3 Å². The van der Waals surface area contributed by atoms with Gasteiger partial charge >= 0.3 is 0 Å². The molecule has 1 unspecified atom stereocenters. The number of nitrogens with one attached hydrogen (secondary N) is 2. The van der Waals surface area contributed by atoms with Gasteiger partial charge in [-0.15, -0.1) is 0 Å². The zero-order valence-electron chi connectivity index (χ0n) is 17.4. The van der Waals surface area contributed by atoms with Gasteiger partial charge in [-0.3, -0.25) is 14.5 Å². The van der Waals surface area contributed by atoms with Crippen molar-refractivity contribution >= 4 is 17.9 Å². The molecule has 8 heteroatoms. The lowest BCUT2D eigenvalue weighted by molar-refractivity contribution is -0.133. The molecule has 1 aliphatic heterocycles. The number of benzene rings is 1. The Balaban J connectivity index is 1.56. The van der Waals surface area contributed by atoms with E-state index in [1.54, 1.807) is 7.11 Å². The van der Waals surface area contributed by atoms with E-state index >= 15 is 0 Å². The van der Waals surface area contributed by atoms with Crippen LogP contribution in [0.4, 0.5) is 0 Å². The molecule has 2 aromatic rings. The monoisotopic (exact) mass is 412 g/mol. The molecule has 1 aliphatic rings. The fourth-order valence-electron chi connectivity index (χ4n) is 3.36. The number of para-hydroxylation sites is 1. The fraction of sp³-hybridized carbons (Fsp3) is 0.409. The first kappa shape index (κ1) is 21.6. The molecule has 1 aromatic heterocycles. The molecular weight excluding hydrogens is 384 g/mol. The first-order valence-electron chi connectivity index (χ1n) is 10.1. The highest BCUT2D eigenvalue weighted by molar-refractivity contribution is 5.88. The molecule has 8 nitrogen and oxygen atoms in total. The van der Waals surface area contributed by atoms with Crippen molar-refractivity contribution < 1.29 is 18.8 Å². The largest absolute Gasteiger partial charge is 0.496 e. The number of carbonyl (C=O) groups is 2. The van der Waals surface area contributed by atoms with Gasteiger partial charge < -0.3 is 19.9 Å². The second kappa shape index (κ2) is 10.6. The summed E-state index contributed by atoms with van der Waals surface area (Å²) in [6, 6.07) is 9.05. The van der Waals surface area contributed by atoms with Gasteiger partial charge in [-0.25, -0.2) is 0 Å². The molecule has 1 aromatic carbocycles. The van der Waals surface area contributed by atoms with E-state index in [-0.39, 0.29) is 24.8 Å². The van der Waals surface area contributed by atoms with Crippen LogP contribution in [0.5, 0.6) is 5.75 Å². The van der Waals surface area contributed by atoms with Crippen LogP contribution < -0.4 is 15.4 Å². The molecular formula is C22H28N4O4. The van der Waals surface area contributed by atoms with E-state index < -0.39 is 6.04 Å². The summed E-state index contributed by atoms with van der Waals surface area (Å²) in [5, 5.41) is 9.56. The predicted octanol–water partition coefficient (Wildman–Crippen LogP) is 1.77. The SMILES string of the molecule is CCc1cc(CNC(=O)CC2C(=O)NCCN2C/C=C/c2ccccc2OC)on1. The number of aromatic nitrogens is 1. The van der Waals surface area contributed by atoms with Crippen LogP contribution in [0.1, 0.15) is 30.4 Å². The number of amides is 2. The van der Waals surface area contributed by atoms with Crippen molar-refractivity contribution in [2.75, 3.05) is 26.7 Å². The van der Waals surface area contributed by atoms with E-state index in [1.807, 2.05) is 54.3 Å². The third-order valence-corrected chi connectivity index (χ3v) is 5.03. The van der Waals surface area contributed by atoms with Crippen molar-refractivity contribution in [1.29, 1.82) is 0 Å². The number of aryl methyl sites for hydroxylation is 1. The van der Waals surface area contributed by atoms with Crippen molar-refractivity contribution in [2.45, 2.75) is 32.4 Å². The van der Waals surface area contributed by atoms with Gasteiger partial charge in [0.2, 0.25) is 11.8 Å². The predicted molar refractivity (Wildman–Crippen MR) is 113 cm³/mol. The van der Waals surface area contributed by atoms with Gasteiger partial charge in [0.1, 0.15) is 5.75 Å². The first-order chi connectivity index (χ1) is 14.6. The average Bonchev–Trinajstić information content (AvgIpc) is 3.23. The van der Waals surface area contributed by atoms with Gasteiger partial charge in [-0.1, -0.05) is 42.4 Å². The van der Waals surface area contributed by atoms with Crippen LogP contribution in [0.15, 0.2) is 40.9 Å². The maximum absolute atomic E-state index is 12.4. The molecule has 160 valence electrons. The summed E-state index contributed by atoms with van der Waals surface area (Å²) in [5.41, 5.74) is 1.81. The van der Waals surface area contributed by atoms with Crippen molar-refractivity contribution in [2.24, 2.45) is 0 Å². The maximum Gasteiger partial charge on any atom is 0.237 e. The maximum atomic E-state index is 12.4. The summed E-state index contributed by atoms with van der Waals surface area (Å²) in [6.07, 6.45) is 4.82. The topological polar surface area (TPSA) is 96.7 Å². The summed E-state index contributed by atoms with van der Waals surface area (Å²) in [5.74, 6) is 1.06. The van der Waals surface area contributed by atoms with Gasteiger partial charge in [0.25, 0.3) is 0 Å². The third kappa shape index (κ3) is 5.70. The van der Waals surface area contributed by atoms with Crippen LogP contribution >= 0.6 is 0 Å². The van der Waals surface area contributed by atoms with Crippen LogP contribution in [-0.2, 0) is 22.6 Å². The van der Waals surface area contributed by atoms with Crippen molar-refractivity contribution in [3.63, 3.8) is 0 Å². The number of carbonyl (C=O) groups excluding carboxylic acids is 2. The first-order valence-corrected chi connectivity index (χ1v) is 10.1. The summed E-state index contributed by atoms with van der Waals surface area (Å²) in [7, 11) is 1.64. The summed E-state index contributed by atoms with van der Waals surface area (Å²) in [6.45, 7) is 4.05. The highest BCUT2D eigenvalue weighted by Crippen LogP contribution is 2.19. The summed E-state index contributed by atoms with van der Waals surface area (Å²) < 4.78 is 10.5. The average molecular weight is 412 g/mol. The number of hydrogen-bond acceptors (Lipinski definition) is 6. The lowest BCUT2D eigenvalue weighted by Crippen LogP contribution is -2.56. The molecule has 0 spiro atoms. The minimum atomic E-state index is -0.512. The Morgan fingerprint density at radius 3 is 3.03 bits per heavy atom. The highest BCUT2D eigenvalue weighted by Gasteiger charge is 2.30. The van der Waals surface area contributed by atoms with Crippen LogP contribution in [0.2, 0.25) is 0 Å². The number of nitrogens with zero attached hydrogens (tertiary/aromatic N) is 2. The smallest absolute Gasteiger partial charge is 0.237 e. The minimum Gasteiger partial charge on any atom is -0.496 e. The molecule has 1 atom stereocenters. The molecule has 1 fully saturated rings. The Morgan fingerprint density at radius 2 is 2.27 bits per heavy atom. The lowest BCUT2D eigenvalue weighted by Gasteiger charge is -2.33. The van der Waals surface area contributed by atoms with Crippen LogP contribution in [0.3, 0.4) is 0 Å². The number of piperazine rings is 1. The standard InChI is InChI=1S/C22H28N4O4/c1-3-17-13-18(30-25-17)15-24-21(27)14-19-22(28)23-10-12-26(19)11-6-8-16-7-4-5-9-20(16)29-2/h4-9,13,19H,3,10-12,14-15H2,1-2H3,(H,23,28)(H,24,27)/b8-6+. The molecule has 2 amide bonds. The number of hydrogen-bond donors (Lipinski definition) is 2. The minimum absolute atomic E-state index is 0.0864. The summed E-state index contributed by atoms with van der Waals surface area (Å²) in [4.78, 5) is 26.8. The van der Waals surface area contributed by atoms with Crippen LogP contribution in [0, 0.1) is 0 Å². The molecule has 30 heavy (non-hydrogen) atoms. The van der Waals surface area contributed by atoms with E-state index in [0.717, 1.165) is 23.4 Å². The Morgan fingerprint density at radius 1 is 1.43 bits per heavy atom. The molecule has 0 aliphatic carbocycles. The van der Waals surface area contributed by atoms with Crippen molar-refractivity contribution in [3.8, 4) is 5.75 Å². The number of methoxy groups -OCH3 is 1. The van der Waals surface area contributed by atoms with Crippen molar-refractivity contribution in [3.05, 3.63) is 53.4 Å². The molecule has 0 radical (unpaired) electrons. The summed E-state index contributed by atoms with van der Waals surface area (Å²) >= 11 is 0. The fourth-order valence-corrected chi connectivity index (χ4v) is 3.36. The number of rotatable bonds is 9. The van der Waals surface area contributed by atoms with Crippen LogP contribution in [0.25, 0.3) is 6.08 Å². The lowest BCUT2D eigenvalue weighted by atomic mass is 10.1. The number of ether oxygens (including phenoxy) is 1. The Hall–Kier alpha value is -3.13. The molecule has 2 heterocycles. The van der Waals surface area contributed by atoms with Gasteiger partial charge in [0.15, 0.2) is 5.76 Å². The molecule has 1 saturated heterocycles. The quantitative estimate of drug-likeness (QED) is 0.652. The zero-order chi connectivity index (χ0) is 21.3. The van der Waals surface area contributed by atoms with E-state index in [9.17, 15) is 9.59 Å². The highest BCUT2D eigenvalue weighted by atomic mass is 16.5. The zero-order valence-corrected chi connectivity index (χ0v) is 17.4. The Labute approximate surface area is 176 Å². The van der Waals surface area contributed by atoms with Gasteiger partial charge in [-0.2, -0.15) is 0 Å². The molecule has 3 rings (SSSR count). The second-order valence-corrected chi connectivity index (χ2v) is 7.07. The van der Waals surface area contributed by atoms with E-state index in [1.165, 1.54) is 0 Å². The van der Waals surface area contributed by atoms with Gasteiger partial charge in [-0.05, 0) is 12.5 Å². The molecule has 0 bridgehead atoms. The van der Waals surface area contributed by atoms with E-state index in [2.05, 4.69) is 15.8 Å². The Kier molecular flexibility index (Phi) is 7.62. The normalized spacial score (nSPS) is 17.1. The Bertz CT molecular complexity index is 893.